The highest BCUT2D eigenvalue weighted by Crippen LogP contribution is 2.23. The van der Waals surface area contributed by atoms with E-state index in [1.54, 1.807) is 4.68 Å². The monoisotopic (exact) mass is 239 g/mol. The number of aromatic carboxylic acids is 1. The van der Waals surface area contributed by atoms with Gasteiger partial charge >= 0.3 is 5.97 Å². The minimum Gasteiger partial charge on any atom is -0.476 e. The lowest BCUT2D eigenvalue weighted by atomic mass is 10.1. The Morgan fingerprint density at radius 1 is 1.53 bits per heavy atom. The van der Waals surface area contributed by atoms with Crippen LogP contribution in [-0.2, 0) is 11.2 Å². The maximum atomic E-state index is 11.1. The highest BCUT2D eigenvalue weighted by molar-refractivity contribution is 5.86. The predicted molar refractivity (Wildman–Crippen MR) is 60.1 cm³/mol. The molecule has 1 fully saturated rings. The molecule has 1 N–H and O–H groups in total. The van der Waals surface area contributed by atoms with Crippen LogP contribution in [0.4, 0.5) is 0 Å². The quantitative estimate of drug-likeness (QED) is 0.856. The number of carboxylic acids is 1. The van der Waals surface area contributed by atoms with E-state index in [0.717, 1.165) is 25.0 Å². The summed E-state index contributed by atoms with van der Waals surface area (Å²) in [5.41, 5.74) is 0.838. The number of ether oxygens (including phenoxy) is 1. The van der Waals surface area contributed by atoms with Gasteiger partial charge in [-0.2, -0.15) is 0 Å². The molecular weight excluding hydrogens is 222 g/mol. The molecule has 0 aliphatic carbocycles. The van der Waals surface area contributed by atoms with Crippen LogP contribution in [0.1, 0.15) is 48.4 Å². The molecule has 0 saturated carbocycles. The summed E-state index contributed by atoms with van der Waals surface area (Å²) in [5.74, 6) is -0.994. The third kappa shape index (κ3) is 2.46. The Labute approximate surface area is 99.6 Å². The first kappa shape index (κ1) is 12.0. The molecule has 0 radical (unpaired) electrons. The SMILES string of the molecule is CCCc1c(C(=O)O)nnn1C1CCOCC1. The molecule has 0 atom stereocenters. The first-order valence-electron chi connectivity index (χ1n) is 5.99. The van der Waals surface area contributed by atoms with Gasteiger partial charge in [0.05, 0.1) is 11.7 Å². The molecule has 1 aliphatic heterocycles. The standard InChI is InChI=1S/C11H17N3O3/c1-2-3-9-10(11(15)16)12-13-14(9)8-4-6-17-7-5-8/h8H,2-7H2,1H3,(H,15,16). The summed E-state index contributed by atoms with van der Waals surface area (Å²) in [4.78, 5) is 11.1. The second kappa shape index (κ2) is 5.27. The number of carbonyl (C=O) groups is 1. The van der Waals surface area contributed by atoms with Crippen molar-refractivity contribution in [3.05, 3.63) is 11.4 Å². The van der Waals surface area contributed by atoms with Crippen molar-refractivity contribution in [1.29, 1.82) is 0 Å². The maximum absolute atomic E-state index is 11.1. The van der Waals surface area contributed by atoms with Crippen LogP contribution < -0.4 is 0 Å². The van der Waals surface area contributed by atoms with Crippen LogP contribution in [0, 0.1) is 0 Å². The Morgan fingerprint density at radius 2 is 2.24 bits per heavy atom. The van der Waals surface area contributed by atoms with Gasteiger partial charge in [-0.3, -0.25) is 0 Å². The van der Waals surface area contributed by atoms with Gasteiger partial charge in [-0.25, -0.2) is 9.48 Å². The first-order valence-corrected chi connectivity index (χ1v) is 5.99. The van der Waals surface area contributed by atoms with E-state index in [-0.39, 0.29) is 11.7 Å². The fraction of sp³-hybridized carbons (Fsp3) is 0.727. The van der Waals surface area contributed by atoms with E-state index in [9.17, 15) is 4.79 Å². The molecule has 94 valence electrons. The molecule has 1 saturated heterocycles. The topological polar surface area (TPSA) is 77.2 Å². The summed E-state index contributed by atoms with van der Waals surface area (Å²) in [6.07, 6.45) is 3.33. The molecular formula is C11H17N3O3. The van der Waals surface area contributed by atoms with Crippen LogP contribution in [0.5, 0.6) is 0 Å². The zero-order chi connectivity index (χ0) is 12.3. The maximum Gasteiger partial charge on any atom is 0.358 e. The van der Waals surface area contributed by atoms with Crippen LogP contribution >= 0.6 is 0 Å². The summed E-state index contributed by atoms with van der Waals surface area (Å²) < 4.78 is 7.08. The third-order valence-electron chi connectivity index (χ3n) is 3.02. The summed E-state index contributed by atoms with van der Waals surface area (Å²) in [6, 6.07) is 0.228. The first-order chi connectivity index (χ1) is 8.24. The molecule has 0 aromatic carbocycles. The number of aromatic nitrogens is 3. The second-order valence-corrected chi connectivity index (χ2v) is 4.23. The molecule has 2 rings (SSSR count). The number of hydrogen-bond acceptors (Lipinski definition) is 4. The van der Waals surface area contributed by atoms with Crippen molar-refractivity contribution in [2.75, 3.05) is 13.2 Å². The van der Waals surface area contributed by atoms with E-state index in [1.807, 2.05) is 6.92 Å². The average molecular weight is 239 g/mol. The molecule has 6 nitrogen and oxygen atoms in total. The molecule has 6 heteroatoms. The Balaban J connectivity index is 2.28. The van der Waals surface area contributed by atoms with Crippen LogP contribution in [0.15, 0.2) is 0 Å². The van der Waals surface area contributed by atoms with Gasteiger partial charge in [0.25, 0.3) is 0 Å². The minimum absolute atomic E-state index is 0.0957. The van der Waals surface area contributed by atoms with Gasteiger partial charge in [-0.15, -0.1) is 5.10 Å². The van der Waals surface area contributed by atoms with Crippen molar-refractivity contribution >= 4 is 5.97 Å². The fourth-order valence-corrected chi connectivity index (χ4v) is 2.17. The highest BCUT2D eigenvalue weighted by atomic mass is 16.5. The molecule has 1 aromatic rings. The van der Waals surface area contributed by atoms with Gasteiger partial charge in [-0.1, -0.05) is 18.6 Å². The average Bonchev–Trinajstić information content (AvgIpc) is 2.75. The summed E-state index contributed by atoms with van der Waals surface area (Å²) >= 11 is 0. The smallest absolute Gasteiger partial charge is 0.358 e. The van der Waals surface area contributed by atoms with Gasteiger partial charge in [-0.05, 0) is 19.3 Å². The summed E-state index contributed by atoms with van der Waals surface area (Å²) in [7, 11) is 0. The molecule has 1 aromatic heterocycles. The molecule has 0 spiro atoms. The van der Waals surface area contributed by atoms with Crippen molar-refractivity contribution < 1.29 is 14.6 Å². The molecule has 0 amide bonds. The van der Waals surface area contributed by atoms with E-state index in [4.69, 9.17) is 9.84 Å². The Bertz CT molecular complexity index is 397. The van der Waals surface area contributed by atoms with E-state index in [0.29, 0.717) is 19.6 Å². The lowest BCUT2D eigenvalue weighted by Crippen LogP contribution is -2.22. The van der Waals surface area contributed by atoms with E-state index in [1.165, 1.54) is 0 Å². The molecule has 17 heavy (non-hydrogen) atoms. The lowest BCUT2D eigenvalue weighted by Gasteiger charge is -2.23. The lowest BCUT2D eigenvalue weighted by molar-refractivity contribution is 0.0647. The van der Waals surface area contributed by atoms with Crippen molar-refractivity contribution in [2.45, 2.75) is 38.6 Å². The molecule has 0 unspecified atom stereocenters. The zero-order valence-corrected chi connectivity index (χ0v) is 9.93. The van der Waals surface area contributed by atoms with E-state index < -0.39 is 5.97 Å². The zero-order valence-electron chi connectivity index (χ0n) is 9.93. The Hall–Kier alpha value is -1.43. The van der Waals surface area contributed by atoms with E-state index in [2.05, 4.69) is 10.3 Å². The summed E-state index contributed by atoms with van der Waals surface area (Å²) in [6.45, 7) is 3.43. The largest absolute Gasteiger partial charge is 0.476 e. The highest BCUT2D eigenvalue weighted by Gasteiger charge is 2.24. The molecule has 2 heterocycles. The van der Waals surface area contributed by atoms with Gasteiger partial charge in [0.2, 0.25) is 0 Å². The third-order valence-corrected chi connectivity index (χ3v) is 3.02. The normalized spacial score (nSPS) is 17.2. The number of nitrogens with zero attached hydrogens (tertiary/aromatic N) is 3. The predicted octanol–water partition coefficient (Wildman–Crippen LogP) is 1.28. The van der Waals surface area contributed by atoms with Crippen molar-refractivity contribution in [3.63, 3.8) is 0 Å². The minimum atomic E-state index is -0.994. The fourth-order valence-electron chi connectivity index (χ4n) is 2.17. The van der Waals surface area contributed by atoms with Crippen LogP contribution in [-0.4, -0.2) is 39.3 Å². The van der Waals surface area contributed by atoms with Crippen molar-refractivity contribution in [1.82, 2.24) is 15.0 Å². The van der Waals surface area contributed by atoms with Gasteiger partial charge < -0.3 is 9.84 Å². The van der Waals surface area contributed by atoms with Crippen LogP contribution in [0.25, 0.3) is 0 Å². The second-order valence-electron chi connectivity index (χ2n) is 4.23. The van der Waals surface area contributed by atoms with Crippen molar-refractivity contribution in [3.8, 4) is 0 Å². The van der Waals surface area contributed by atoms with Gasteiger partial charge in [0.1, 0.15) is 0 Å². The van der Waals surface area contributed by atoms with Crippen LogP contribution in [0.3, 0.4) is 0 Å². The van der Waals surface area contributed by atoms with Gasteiger partial charge in [0, 0.05) is 13.2 Å². The molecule has 1 aliphatic rings. The Kier molecular flexibility index (Phi) is 3.73. The number of rotatable bonds is 4. The van der Waals surface area contributed by atoms with Crippen LogP contribution in [0.2, 0.25) is 0 Å². The van der Waals surface area contributed by atoms with Crippen molar-refractivity contribution in [2.24, 2.45) is 0 Å². The van der Waals surface area contributed by atoms with E-state index >= 15 is 0 Å². The number of hydrogen-bond donors (Lipinski definition) is 1. The number of carboxylic acid groups (broad SMARTS) is 1. The molecule has 0 bridgehead atoms. The Morgan fingerprint density at radius 3 is 2.82 bits per heavy atom. The summed E-state index contributed by atoms with van der Waals surface area (Å²) in [5, 5.41) is 16.9. The van der Waals surface area contributed by atoms with Gasteiger partial charge in [0.15, 0.2) is 5.69 Å².